The molecule has 2 atom stereocenters. The van der Waals surface area contributed by atoms with Gasteiger partial charge in [-0.25, -0.2) is 0 Å². The van der Waals surface area contributed by atoms with E-state index in [0.717, 1.165) is 12.8 Å². The number of hydrogen-bond donors (Lipinski definition) is 1. The highest BCUT2D eigenvalue weighted by atomic mass is 16.5. The molecular formula is C12H26O2. The molecule has 2 unspecified atom stereocenters. The van der Waals surface area contributed by atoms with Gasteiger partial charge in [-0.2, -0.15) is 0 Å². The van der Waals surface area contributed by atoms with E-state index in [2.05, 4.69) is 13.8 Å². The standard InChI is InChI=1S/C12H26O2/c1-4-6-7-11(5-2)10-12(13)8-9-14-3/h11-13H,4-10H2,1-3H3. The molecule has 1 N–H and O–H groups in total. The summed E-state index contributed by atoms with van der Waals surface area (Å²) in [4.78, 5) is 0. The summed E-state index contributed by atoms with van der Waals surface area (Å²) in [5, 5.41) is 9.70. The summed E-state index contributed by atoms with van der Waals surface area (Å²) in [6, 6.07) is 0. The molecule has 0 amide bonds. The first-order valence-corrected chi connectivity index (χ1v) is 5.91. The smallest absolute Gasteiger partial charge is 0.0564 e. The Morgan fingerprint density at radius 1 is 1.21 bits per heavy atom. The van der Waals surface area contributed by atoms with Gasteiger partial charge in [0.1, 0.15) is 0 Å². The summed E-state index contributed by atoms with van der Waals surface area (Å²) in [7, 11) is 1.68. The first-order valence-electron chi connectivity index (χ1n) is 5.91. The summed E-state index contributed by atoms with van der Waals surface area (Å²) >= 11 is 0. The monoisotopic (exact) mass is 202 g/mol. The van der Waals surface area contributed by atoms with Gasteiger partial charge in [0.05, 0.1) is 6.10 Å². The average Bonchev–Trinajstić information content (AvgIpc) is 2.21. The lowest BCUT2D eigenvalue weighted by molar-refractivity contribution is 0.0889. The van der Waals surface area contributed by atoms with Gasteiger partial charge in [-0.05, 0) is 18.8 Å². The molecule has 0 aliphatic rings. The summed E-state index contributed by atoms with van der Waals surface area (Å²) in [5.74, 6) is 0.696. The lowest BCUT2D eigenvalue weighted by atomic mass is 9.92. The molecule has 0 aromatic carbocycles. The molecule has 0 aliphatic heterocycles. The van der Waals surface area contributed by atoms with Gasteiger partial charge in [0, 0.05) is 13.7 Å². The number of ether oxygens (including phenoxy) is 1. The number of aliphatic hydroxyl groups is 1. The van der Waals surface area contributed by atoms with Crippen LogP contribution in [-0.4, -0.2) is 24.9 Å². The molecule has 0 bridgehead atoms. The van der Waals surface area contributed by atoms with Crippen molar-refractivity contribution in [1.82, 2.24) is 0 Å². The zero-order valence-corrected chi connectivity index (χ0v) is 9.96. The topological polar surface area (TPSA) is 29.5 Å². The fraction of sp³-hybridized carbons (Fsp3) is 1.00. The Bertz CT molecular complexity index is 115. The minimum absolute atomic E-state index is 0.170. The van der Waals surface area contributed by atoms with Crippen molar-refractivity contribution in [2.45, 2.75) is 58.5 Å². The fourth-order valence-electron chi connectivity index (χ4n) is 1.74. The molecule has 0 aliphatic carbocycles. The molecule has 0 heterocycles. The predicted molar refractivity (Wildman–Crippen MR) is 60.4 cm³/mol. The minimum Gasteiger partial charge on any atom is -0.393 e. The quantitative estimate of drug-likeness (QED) is 0.623. The van der Waals surface area contributed by atoms with Crippen LogP contribution in [0.15, 0.2) is 0 Å². The van der Waals surface area contributed by atoms with Crippen molar-refractivity contribution in [2.24, 2.45) is 5.92 Å². The Balaban J connectivity index is 3.57. The van der Waals surface area contributed by atoms with Crippen molar-refractivity contribution < 1.29 is 9.84 Å². The summed E-state index contributed by atoms with van der Waals surface area (Å²) in [6.07, 6.45) is 6.54. The highest BCUT2D eigenvalue weighted by Crippen LogP contribution is 2.19. The fourth-order valence-corrected chi connectivity index (χ4v) is 1.74. The summed E-state index contributed by atoms with van der Waals surface area (Å²) < 4.78 is 4.95. The Hall–Kier alpha value is -0.0800. The maximum absolute atomic E-state index is 9.70. The highest BCUT2D eigenvalue weighted by Gasteiger charge is 2.12. The summed E-state index contributed by atoms with van der Waals surface area (Å²) in [5.41, 5.74) is 0. The van der Waals surface area contributed by atoms with E-state index in [1.54, 1.807) is 7.11 Å². The maximum Gasteiger partial charge on any atom is 0.0564 e. The number of hydrogen-bond acceptors (Lipinski definition) is 2. The largest absolute Gasteiger partial charge is 0.393 e. The number of aliphatic hydroxyl groups excluding tert-OH is 1. The summed E-state index contributed by atoms with van der Waals surface area (Å²) in [6.45, 7) is 5.10. The molecule has 0 rings (SSSR count). The molecule has 0 saturated heterocycles. The molecule has 0 spiro atoms. The Labute approximate surface area is 88.7 Å². The molecular weight excluding hydrogens is 176 g/mol. The van der Waals surface area contributed by atoms with E-state index in [4.69, 9.17) is 4.74 Å². The molecule has 0 aromatic heterocycles. The second kappa shape index (κ2) is 9.47. The van der Waals surface area contributed by atoms with E-state index in [1.807, 2.05) is 0 Å². The minimum atomic E-state index is -0.170. The normalized spacial score (nSPS) is 15.4. The first kappa shape index (κ1) is 13.9. The van der Waals surface area contributed by atoms with Gasteiger partial charge in [-0.15, -0.1) is 0 Å². The SMILES string of the molecule is CCCCC(CC)CC(O)CCOC. The molecule has 0 fully saturated rings. The van der Waals surface area contributed by atoms with Gasteiger partial charge in [-0.3, -0.25) is 0 Å². The number of unbranched alkanes of at least 4 members (excludes halogenated alkanes) is 1. The van der Waals surface area contributed by atoms with Crippen LogP contribution in [0.1, 0.15) is 52.4 Å². The third-order valence-electron chi connectivity index (χ3n) is 2.80. The van der Waals surface area contributed by atoms with Crippen molar-refractivity contribution in [1.29, 1.82) is 0 Å². The van der Waals surface area contributed by atoms with E-state index in [9.17, 15) is 5.11 Å². The number of rotatable bonds is 9. The van der Waals surface area contributed by atoms with Gasteiger partial charge in [0.2, 0.25) is 0 Å². The second-order valence-electron chi connectivity index (χ2n) is 4.09. The van der Waals surface area contributed by atoms with E-state index in [1.165, 1.54) is 25.7 Å². The van der Waals surface area contributed by atoms with Crippen molar-refractivity contribution >= 4 is 0 Å². The molecule has 2 nitrogen and oxygen atoms in total. The molecule has 0 aromatic rings. The molecule has 2 heteroatoms. The third-order valence-corrected chi connectivity index (χ3v) is 2.80. The Kier molecular flexibility index (Phi) is 9.42. The molecule has 0 radical (unpaired) electrons. The van der Waals surface area contributed by atoms with E-state index < -0.39 is 0 Å². The third kappa shape index (κ3) is 7.34. The van der Waals surface area contributed by atoms with Gasteiger partial charge in [-0.1, -0.05) is 39.5 Å². The van der Waals surface area contributed by atoms with Gasteiger partial charge < -0.3 is 9.84 Å². The second-order valence-corrected chi connectivity index (χ2v) is 4.09. The van der Waals surface area contributed by atoms with Gasteiger partial charge in [0.15, 0.2) is 0 Å². The van der Waals surface area contributed by atoms with E-state index >= 15 is 0 Å². The van der Waals surface area contributed by atoms with E-state index in [0.29, 0.717) is 12.5 Å². The average molecular weight is 202 g/mol. The first-order chi connectivity index (χ1) is 6.74. The van der Waals surface area contributed by atoms with Crippen molar-refractivity contribution in [3.63, 3.8) is 0 Å². The van der Waals surface area contributed by atoms with Crippen LogP contribution in [0.2, 0.25) is 0 Å². The van der Waals surface area contributed by atoms with E-state index in [-0.39, 0.29) is 6.10 Å². The van der Waals surface area contributed by atoms with Gasteiger partial charge in [0.25, 0.3) is 0 Å². The Morgan fingerprint density at radius 3 is 2.43 bits per heavy atom. The van der Waals surface area contributed by atoms with Crippen molar-refractivity contribution in [3.05, 3.63) is 0 Å². The highest BCUT2D eigenvalue weighted by molar-refractivity contribution is 4.64. The van der Waals surface area contributed by atoms with Crippen LogP contribution in [0.5, 0.6) is 0 Å². The van der Waals surface area contributed by atoms with Gasteiger partial charge >= 0.3 is 0 Å². The van der Waals surface area contributed by atoms with Crippen LogP contribution in [0.4, 0.5) is 0 Å². The molecule has 86 valence electrons. The van der Waals surface area contributed by atoms with Crippen LogP contribution in [0.25, 0.3) is 0 Å². The maximum atomic E-state index is 9.70. The number of methoxy groups -OCH3 is 1. The molecule has 0 saturated carbocycles. The van der Waals surface area contributed by atoms with Crippen LogP contribution in [0, 0.1) is 5.92 Å². The van der Waals surface area contributed by atoms with Crippen LogP contribution < -0.4 is 0 Å². The van der Waals surface area contributed by atoms with Crippen LogP contribution in [0.3, 0.4) is 0 Å². The zero-order valence-electron chi connectivity index (χ0n) is 9.96. The lowest BCUT2D eigenvalue weighted by Crippen LogP contribution is -2.15. The Morgan fingerprint density at radius 2 is 1.93 bits per heavy atom. The molecule has 14 heavy (non-hydrogen) atoms. The predicted octanol–water partition coefficient (Wildman–Crippen LogP) is 2.99. The van der Waals surface area contributed by atoms with Crippen molar-refractivity contribution in [3.8, 4) is 0 Å². The van der Waals surface area contributed by atoms with Crippen molar-refractivity contribution in [2.75, 3.05) is 13.7 Å². The van der Waals surface area contributed by atoms with Crippen LogP contribution >= 0.6 is 0 Å². The van der Waals surface area contributed by atoms with Crippen LogP contribution in [-0.2, 0) is 4.74 Å². The zero-order chi connectivity index (χ0) is 10.8. The lowest BCUT2D eigenvalue weighted by Gasteiger charge is -2.18.